The zero-order valence-electron chi connectivity index (χ0n) is 15.9. The lowest BCUT2D eigenvalue weighted by Gasteiger charge is -2.15. The van der Waals surface area contributed by atoms with E-state index in [1.165, 1.54) is 35.0 Å². The van der Waals surface area contributed by atoms with E-state index in [1.54, 1.807) is 26.2 Å². The molecule has 0 radical (unpaired) electrons. The van der Waals surface area contributed by atoms with Crippen molar-refractivity contribution in [3.63, 3.8) is 0 Å². The number of benzene rings is 1. The average Bonchev–Trinajstić information content (AvgIpc) is 3.29. The maximum Gasteiger partial charge on any atom is 0.418 e. The van der Waals surface area contributed by atoms with Crippen LogP contribution in [0.2, 0.25) is 0 Å². The van der Waals surface area contributed by atoms with E-state index < -0.39 is 17.6 Å². The summed E-state index contributed by atoms with van der Waals surface area (Å²) < 4.78 is 42.8. The van der Waals surface area contributed by atoms with Crippen LogP contribution in [-0.2, 0) is 6.18 Å². The summed E-state index contributed by atoms with van der Waals surface area (Å²) in [5.74, 6) is 0.0618. The van der Waals surface area contributed by atoms with Gasteiger partial charge in [0.2, 0.25) is 0 Å². The number of fused-ring (bicyclic) bond motifs is 1. The number of carbonyl (C=O) groups is 1. The normalized spacial score (nSPS) is 11.6. The van der Waals surface area contributed by atoms with Crippen molar-refractivity contribution in [2.75, 3.05) is 17.7 Å². The Kier molecular flexibility index (Phi) is 4.65. The molecule has 3 heterocycles. The summed E-state index contributed by atoms with van der Waals surface area (Å²) in [6.07, 6.45) is -1.60. The molecule has 1 amide bonds. The van der Waals surface area contributed by atoms with Gasteiger partial charge in [0.25, 0.3) is 5.91 Å². The molecule has 0 unspecified atom stereocenters. The van der Waals surface area contributed by atoms with Gasteiger partial charge >= 0.3 is 6.18 Å². The highest BCUT2D eigenvalue weighted by Crippen LogP contribution is 2.34. The minimum atomic E-state index is -4.58. The average molecular weight is 415 g/mol. The predicted molar refractivity (Wildman–Crippen MR) is 104 cm³/mol. The second-order valence-corrected chi connectivity index (χ2v) is 6.44. The van der Waals surface area contributed by atoms with Crippen molar-refractivity contribution in [2.45, 2.75) is 13.1 Å². The van der Waals surface area contributed by atoms with Gasteiger partial charge < -0.3 is 10.6 Å². The third kappa shape index (κ3) is 3.45. The number of rotatable bonds is 4. The molecule has 0 bridgehead atoms. The molecule has 0 spiro atoms. The largest absolute Gasteiger partial charge is 0.418 e. The fourth-order valence-corrected chi connectivity index (χ4v) is 3.02. The first kappa shape index (κ1) is 19.4. The van der Waals surface area contributed by atoms with Gasteiger partial charge in [0.1, 0.15) is 17.2 Å². The maximum atomic E-state index is 13.5. The van der Waals surface area contributed by atoms with Crippen LogP contribution < -0.4 is 10.6 Å². The SMILES string of the molecule is CNc1ccn2ncc(C(=O)Nc3cc(C)nn3-c3ccccc3C(F)(F)F)c2n1. The van der Waals surface area contributed by atoms with Gasteiger partial charge in [-0.15, -0.1) is 0 Å². The van der Waals surface area contributed by atoms with Gasteiger partial charge in [-0.25, -0.2) is 14.2 Å². The third-order valence-electron chi connectivity index (χ3n) is 4.38. The van der Waals surface area contributed by atoms with E-state index in [2.05, 4.69) is 25.8 Å². The molecule has 154 valence electrons. The number of aromatic nitrogens is 5. The third-order valence-corrected chi connectivity index (χ3v) is 4.38. The summed E-state index contributed by atoms with van der Waals surface area (Å²) in [6, 6.07) is 8.21. The zero-order valence-corrected chi connectivity index (χ0v) is 15.9. The maximum absolute atomic E-state index is 13.5. The van der Waals surface area contributed by atoms with E-state index >= 15 is 0 Å². The highest BCUT2D eigenvalue weighted by molar-refractivity contribution is 6.08. The van der Waals surface area contributed by atoms with Crippen LogP contribution >= 0.6 is 0 Å². The fourth-order valence-electron chi connectivity index (χ4n) is 3.02. The van der Waals surface area contributed by atoms with Crippen LogP contribution in [0.3, 0.4) is 0 Å². The van der Waals surface area contributed by atoms with Crippen LogP contribution in [0.5, 0.6) is 0 Å². The Labute approximate surface area is 168 Å². The molecule has 0 aliphatic carbocycles. The Morgan fingerprint density at radius 3 is 2.67 bits per heavy atom. The molecule has 4 aromatic rings. The Hall–Kier alpha value is -3.89. The number of aryl methyl sites for hydroxylation is 1. The van der Waals surface area contributed by atoms with E-state index in [1.807, 2.05) is 0 Å². The van der Waals surface area contributed by atoms with Crippen molar-refractivity contribution in [2.24, 2.45) is 0 Å². The van der Waals surface area contributed by atoms with Crippen LogP contribution in [0, 0.1) is 6.92 Å². The molecule has 1 aromatic carbocycles. The second-order valence-electron chi connectivity index (χ2n) is 6.44. The van der Waals surface area contributed by atoms with Crippen LogP contribution in [0.15, 0.2) is 48.8 Å². The molecule has 0 saturated carbocycles. The van der Waals surface area contributed by atoms with Gasteiger partial charge in [0.05, 0.1) is 23.1 Å². The Morgan fingerprint density at radius 2 is 1.93 bits per heavy atom. The number of amides is 1. The molecule has 3 aromatic heterocycles. The van der Waals surface area contributed by atoms with E-state index in [4.69, 9.17) is 0 Å². The second kappa shape index (κ2) is 7.17. The number of hydrogen-bond acceptors (Lipinski definition) is 5. The summed E-state index contributed by atoms with van der Waals surface area (Å²) in [5, 5.41) is 13.7. The van der Waals surface area contributed by atoms with Crippen molar-refractivity contribution in [3.8, 4) is 5.69 Å². The molecule has 8 nitrogen and oxygen atoms in total. The van der Waals surface area contributed by atoms with E-state index in [9.17, 15) is 18.0 Å². The molecule has 0 saturated heterocycles. The van der Waals surface area contributed by atoms with Crippen LogP contribution in [0.25, 0.3) is 11.3 Å². The number of carbonyl (C=O) groups excluding carboxylic acids is 1. The molecule has 0 fully saturated rings. The Morgan fingerprint density at radius 1 is 1.17 bits per heavy atom. The highest BCUT2D eigenvalue weighted by Gasteiger charge is 2.34. The van der Waals surface area contributed by atoms with E-state index in [0.29, 0.717) is 17.2 Å². The molecule has 11 heteroatoms. The summed E-state index contributed by atoms with van der Waals surface area (Å²) in [7, 11) is 1.69. The molecule has 2 N–H and O–H groups in total. The van der Waals surface area contributed by atoms with Crippen LogP contribution in [0.4, 0.5) is 24.8 Å². The Balaban J connectivity index is 1.74. The number of nitrogens with zero attached hydrogens (tertiary/aromatic N) is 5. The number of para-hydroxylation sites is 1. The molecule has 0 aliphatic heterocycles. The summed E-state index contributed by atoms with van der Waals surface area (Å²) >= 11 is 0. The summed E-state index contributed by atoms with van der Waals surface area (Å²) in [6.45, 7) is 1.62. The smallest absolute Gasteiger partial charge is 0.373 e. The first-order valence-electron chi connectivity index (χ1n) is 8.84. The molecule has 0 aliphatic rings. The van der Waals surface area contributed by atoms with E-state index in [-0.39, 0.29) is 17.1 Å². The molecular weight excluding hydrogens is 399 g/mol. The standard InChI is InChI=1S/C19H16F3N7O/c1-11-9-16(29(27-11)14-6-4-3-5-13(14)19(20,21)22)26-18(30)12-10-24-28-8-7-15(23-2)25-17(12)28/h3-10H,1-2H3,(H,23,25)(H,26,30). The topological polar surface area (TPSA) is 89.1 Å². The van der Waals surface area contributed by atoms with Crippen molar-refractivity contribution in [3.05, 3.63) is 65.6 Å². The Bertz CT molecular complexity index is 1240. The van der Waals surface area contributed by atoms with Gasteiger partial charge in [-0.05, 0) is 25.1 Å². The van der Waals surface area contributed by atoms with Gasteiger partial charge in [0.15, 0.2) is 5.65 Å². The number of anilines is 2. The quantitative estimate of drug-likeness (QED) is 0.532. The van der Waals surface area contributed by atoms with E-state index in [0.717, 1.165) is 10.7 Å². The van der Waals surface area contributed by atoms with Gasteiger partial charge in [-0.2, -0.15) is 23.4 Å². The van der Waals surface area contributed by atoms with Crippen molar-refractivity contribution in [1.29, 1.82) is 0 Å². The van der Waals surface area contributed by atoms with Gasteiger partial charge in [0, 0.05) is 19.3 Å². The first-order valence-corrected chi connectivity index (χ1v) is 8.84. The summed E-state index contributed by atoms with van der Waals surface area (Å²) in [4.78, 5) is 17.2. The minimum absolute atomic E-state index is 0.0957. The lowest BCUT2D eigenvalue weighted by atomic mass is 10.1. The zero-order chi connectivity index (χ0) is 21.5. The lowest BCUT2D eigenvalue weighted by Crippen LogP contribution is -2.17. The first-order chi connectivity index (χ1) is 14.3. The molecule has 0 atom stereocenters. The van der Waals surface area contributed by atoms with Crippen molar-refractivity contribution >= 4 is 23.2 Å². The number of nitrogens with one attached hydrogen (secondary N) is 2. The van der Waals surface area contributed by atoms with Gasteiger partial charge in [-0.1, -0.05) is 12.1 Å². The monoisotopic (exact) mass is 415 g/mol. The van der Waals surface area contributed by atoms with Crippen LogP contribution in [0.1, 0.15) is 21.6 Å². The predicted octanol–water partition coefficient (Wildman–Crippen LogP) is 3.54. The molecule has 4 rings (SSSR count). The number of hydrogen-bond donors (Lipinski definition) is 2. The van der Waals surface area contributed by atoms with Crippen molar-refractivity contribution in [1.82, 2.24) is 24.4 Å². The van der Waals surface area contributed by atoms with Crippen molar-refractivity contribution < 1.29 is 18.0 Å². The highest BCUT2D eigenvalue weighted by atomic mass is 19.4. The number of halogens is 3. The molecule has 30 heavy (non-hydrogen) atoms. The van der Waals surface area contributed by atoms with Crippen LogP contribution in [-0.4, -0.2) is 37.3 Å². The fraction of sp³-hybridized carbons (Fsp3) is 0.158. The minimum Gasteiger partial charge on any atom is -0.373 e. The van der Waals surface area contributed by atoms with Gasteiger partial charge in [-0.3, -0.25) is 4.79 Å². The lowest BCUT2D eigenvalue weighted by molar-refractivity contribution is -0.137. The summed E-state index contributed by atoms with van der Waals surface area (Å²) in [5.41, 5.74) is -0.138. The molecular formula is C19H16F3N7O. The number of alkyl halides is 3.